The summed E-state index contributed by atoms with van der Waals surface area (Å²) in [7, 11) is 0. The van der Waals surface area contributed by atoms with E-state index in [-0.39, 0.29) is 5.41 Å². The molecule has 0 spiro atoms. The van der Waals surface area contributed by atoms with Gasteiger partial charge in [-0.25, -0.2) is 0 Å². The van der Waals surface area contributed by atoms with E-state index in [1.807, 2.05) is 0 Å². The van der Waals surface area contributed by atoms with Crippen LogP contribution in [0.2, 0.25) is 0 Å². The number of ketones is 1. The molecule has 0 heterocycles. The number of carbonyl (C=O) groups is 1. The van der Waals surface area contributed by atoms with Crippen molar-refractivity contribution in [3.05, 3.63) is 0 Å². The maximum absolute atomic E-state index is 11.8. The first-order valence-corrected chi connectivity index (χ1v) is 8.22. The summed E-state index contributed by atoms with van der Waals surface area (Å²) < 4.78 is 0. The topological polar surface area (TPSA) is 17.1 Å². The van der Waals surface area contributed by atoms with Gasteiger partial charge >= 0.3 is 0 Å². The van der Waals surface area contributed by atoms with E-state index >= 15 is 0 Å². The average molecular weight is 252 g/mol. The van der Waals surface area contributed by atoms with Crippen LogP contribution in [0.5, 0.6) is 0 Å². The van der Waals surface area contributed by atoms with E-state index in [1.54, 1.807) is 0 Å². The van der Waals surface area contributed by atoms with Crippen molar-refractivity contribution in [3.8, 4) is 0 Å². The van der Waals surface area contributed by atoms with Gasteiger partial charge in [-0.05, 0) is 19.3 Å². The van der Waals surface area contributed by atoms with E-state index in [0.717, 1.165) is 25.7 Å². The quantitative estimate of drug-likeness (QED) is 0.409. The van der Waals surface area contributed by atoms with Crippen LogP contribution in [0.1, 0.15) is 97.3 Å². The highest BCUT2D eigenvalue weighted by Gasteiger charge is 2.43. The van der Waals surface area contributed by atoms with Gasteiger partial charge in [0.1, 0.15) is 5.78 Å². The number of Topliss-reactive ketones (excluding diaryl/α,β-unsaturated/α-hetero) is 1. The predicted molar refractivity (Wildman–Crippen MR) is 78.8 cm³/mol. The second-order valence-corrected chi connectivity index (χ2v) is 6.42. The summed E-state index contributed by atoms with van der Waals surface area (Å²) in [5, 5.41) is 0. The standard InChI is InChI=1S/C17H32O/c1-3-4-5-6-7-8-9-10-11-12-13-16(18)17(2)14-15-17/h3-15H2,1-2H3. The largest absolute Gasteiger partial charge is 0.299 e. The van der Waals surface area contributed by atoms with Crippen molar-refractivity contribution in [2.75, 3.05) is 0 Å². The van der Waals surface area contributed by atoms with Gasteiger partial charge in [-0.3, -0.25) is 4.79 Å². The summed E-state index contributed by atoms with van der Waals surface area (Å²) in [6, 6.07) is 0. The molecule has 0 unspecified atom stereocenters. The molecule has 0 aromatic heterocycles. The molecule has 0 atom stereocenters. The Morgan fingerprint density at radius 2 is 1.28 bits per heavy atom. The number of carbonyl (C=O) groups excluding carboxylic acids is 1. The van der Waals surface area contributed by atoms with Crippen LogP contribution in [-0.2, 0) is 4.79 Å². The maximum Gasteiger partial charge on any atom is 0.138 e. The Balaban J connectivity index is 1.77. The lowest BCUT2D eigenvalue weighted by atomic mass is 9.98. The first kappa shape index (κ1) is 15.7. The normalized spacial score (nSPS) is 16.8. The van der Waals surface area contributed by atoms with E-state index in [4.69, 9.17) is 0 Å². The highest BCUT2D eigenvalue weighted by molar-refractivity contribution is 5.86. The van der Waals surface area contributed by atoms with Gasteiger partial charge in [-0.2, -0.15) is 0 Å². The molecule has 0 aromatic carbocycles. The SMILES string of the molecule is CCCCCCCCCCCCC(=O)C1(C)CC1. The molecule has 1 nitrogen and oxygen atoms in total. The number of hydrogen-bond acceptors (Lipinski definition) is 1. The van der Waals surface area contributed by atoms with E-state index in [1.165, 1.54) is 57.8 Å². The van der Waals surface area contributed by atoms with Gasteiger partial charge < -0.3 is 0 Å². The van der Waals surface area contributed by atoms with Gasteiger partial charge in [-0.15, -0.1) is 0 Å². The van der Waals surface area contributed by atoms with E-state index in [2.05, 4.69) is 13.8 Å². The van der Waals surface area contributed by atoms with Crippen LogP contribution in [0.4, 0.5) is 0 Å². The van der Waals surface area contributed by atoms with Gasteiger partial charge in [0.05, 0.1) is 0 Å². The van der Waals surface area contributed by atoms with Crippen LogP contribution < -0.4 is 0 Å². The summed E-state index contributed by atoms with van der Waals surface area (Å²) in [4.78, 5) is 11.8. The second-order valence-electron chi connectivity index (χ2n) is 6.42. The highest BCUT2D eigenvalue weighted by Crippen LogP contribution is 2.46. The molecule has 0 N–H and O–H groups in total. The molecular formula is C17H32O. The van der Waals surface area contributed by atoms with Crippen LogP contribution in [0, 0.1) is 5.41 Å². The first-order chi connectivity index (χ1) is 8.69. The summed E-state index contributed by atoms with van der Waals surface area (Å²) in [6.45, 7) is 4.40. The fourth-order valence-electron chi connectivity index (χ4n) is 2.54. The highest BCUT2D eigenvalue weighted by atomic mass is 16.1. The molecule has 0 saturated heterocycles. The lowest BCUT2D eigenvalue weighted by molar-refractivity contribution is -0.123. The van der Waals surface area contributed by atoms with Crippen molar-refractivity contribution in [2.24, 2.45) is 5.41 Å². The van der Waals surface area contributed by atoms with Crippen molar-refractivity contribution < 1.29 is 4.79 Å². The number of unbranched alkanes of at least 4 members (excludes halogenated alkanes) is 9. The van der Waals surface area contributed by atoms with Crippen molar-refractivity contribution in [1.82, 2.24) is 0 Å². The number of hydrogen-bond donors (Lipinski definition) is 0. The van der Waals surface area contributed by atoms with Crippen LogP contribution in [-0.4, -0.2) is 5.78 Å². The Kier molecular flexibility index (Phi) is 7.62. The summed E-state index contributed by atoms with van der Waals surface area (Å²) in [6.07, 6.45) is 16.6. The molecule has 0 radical (unpaired) electrons. The van der Waals surface area contributed by atoms with Crippen molar-refractivity contribution >= 4 is 5.78 Å². The first-order valence-electron chi connectivity index (χ1n) is 8.22. The third kappa shape index (κ3) is 6.56. The minimum Gasteiger partial charge on any atom is -0.299 e. The third-order valence-electron chi connectivity index (χ3n) is 4.43. The van der Waals surface area contributed by atoms with Crippen LogP contribution in [0.15, 0.2) is 0 Å². The van der Waals surface area contributed by atoms with Crippen molar-refractivity contribution in [1.29, 1.82) is 0 Å². The molecule has 1 saturated carbocycles. The fraction of sp³-hybridized carbons (Fsp3) is 0.941. The minimum atomic E-state index is 0.110. The Morgan fingerprint density at radius 3 is 1.72 bits per heavy atom. The Bertz CT molecular complexity index is 228. The van der Waals surface area contributed by atoms with Gasteiger partial charge in [0, 0.05) is 11.8 Å². The van der Waals surface area contributed by atoms with Gasteiger partial charge in [0.25, 0.3) is 0 Å². The summed E-state index contributed by atoms with van der Waals surface area (Å²) >= 11 is 0. The molecule has 0 bridgehead atoms. The fourth-order valence-corrected chi connectivity index (χ4v) is 2.54. The summed E-state index contributed by atoms with van der Waals surface area (Å²) in [5.74, 6) is 0.530. The molecule has 0 amide bonds. The zero-order valence-electron chi connectivity index (χ0n) is 12.6. The molecule has 1 aliphatic rings. The Morgan fingerprint density at radius 1 is 0.833 bits per heavy atom. The second kappa shape index (κ2) is 8.72. The molecular weight excluding hydrogens is 220 g/mol. The van der Waals surface area contributed by atoms with Gasteiger partial charge in [-0.1, -0.05) is 71.6 Å². The molecule has 0 aliphatic heterocycles. The molecule has 1 fully saturated rings. The molecule has 1 rings (SSSR count). The average Bonchev–Trinajstić information content (AvgIpc) is 3.11. The Labute approximate surface area is 114 Å². The molecule has 1 heteroatoms. The zero-order valence-corrected chi connectivity index (χ0v) is 12.6. The van der Waals surface area contributed by atoms with Crippen molar-refractivity contribution in [3.63, 3.8) is 0 Å². The molecule has 106 valence electrons. The summed E-state index contributed by atoms with van der Waals surface area (Å²) in [5.41, 5.74) is 0.110. The van der Waals surface area contributed by atoms with Crippen LogP contribution in [0.25, 0.3) is 0 Å². The third-order valence-corrected chi connectivity index (χ3v) is 4.43. The molecule has 0 aromatic rings. The minimum absolute atomic E-state index is 0.110. The van der Waals surface area contributed by atoms with E-state index < -0.39 is 0 Å². The lowest BCUT2D eigenvalue weighted by Gasteiger charge is -2.06. The zero-order chi connectivity index (χ0) is 13.3. The van der Waals surface area contributed by atoms with Crippen LogP contribution >= 0.6 is 0 Å². The van der Waals surface area contributed by atoms with Gasteiger partial charge in [0.2, 0.25) is 0 Å². The number of rotatable bonds is 12. The Hall–Kier alpha value is -0.330. The predicted octanol–water partition coefficient (Wildman–Crippen LogP) is 5.67. The van der Waals surface area contributed by atoms with E-state index in [0.29, 0.717) is 5.78 Å². The van der Waals surface area contributed by atoms with Gasteiger partial charge in [0.15, 0.2) is 0 Å². The molecule has 1 aliphatic carbocycles. The van der Waals surface area contributed by atoms with Crippen LogP contribution in [0.3, 0.4) is 0 Å². The van der Waals surface area contributed by atoms with E-state index in [9.17, 15) is 4.79 Å². The monoisotopic (exact) mass is 252 g/mol. The van der Waals surface area contributed by atoms with Crippen molar-refractivity contribution in [2.45, 2.75) is 97.3 Å². The smallest absolute Gasteiger partial charge is 0.138 e. The maximum atomic E-state index is 11.8. The lowest BCUT2D eigenvalue weighted by Crippen LogP contribution is -2.10. The molecule has 18 heavy (non-hydrogen) atoms.